The van der Waals surface area contributed by atoms with Crippen LogP contribution in [-0.4, -0.2) is 41.8 Å². The van der Waals surface area contributed by atoms with Gasteiger partial charge in [-0.25, -0.2) is 9.59 Å². The van der Waals surface area contributed by atoms with Crippen molar-refractivity contribution in [3.05, 3.63) is 71.8 Å². The van der Waals surface area contributed by atoms with Crippen molar-refractivity contribution in [2.24, 2.45) is 0 Å². The summed E-state index contributed by atoms with van der Waals surface area (Å²) in [5.74, 6) is -0.429. The number of amides is 1. The second-order valence-electron chi connectivity index (χ2n) is 8.16. The van der Waals surface area contributed by atoms with Gasteiger partial charge in [-0.15, -0.1) is 0 Å². The number of benzene rings is 2. The number of nitrogens with one attached hydrogen (secondary N) is 2. The minimum absolute atomic E-state index is 0.334. The van der Waals surface area contributed by atoms with Crippen molar-refractivity contribution in [3.63, 3.8) is 0 Å². The number of hydrogen-bond acceptors (Lipinski definition) is 5. The Hall–Kier alpha value is -2.93. The van der Waals surface area contributed by atoms with Gasteiger partial charge in [-0.05, 0) is 38.3 Å². The van der Waals surface area contributed by atoms with E-state index < -0.39 is 29.7 Å². The molecule has 0 saturated carbocycles. The maximum absolute atomic E-state index is 12.4. The van der Waals surface area contributed by atoms with Gasteiger partial charge >= 0.3 is 12.1 Å². The van der Waals surface area contributed by atoms with E-state index in [4.69, 9.17) is 21.7 Å². The third-order valence-electron chi connectivity index (χ3n) is 4.37. The first-order chi connectivity index (χ1) is 14.7. The van der Waals surface area contributed by atoms with Gasteiger partial charge in [0.05, 0.1) is 18.1 Å². The number of hydrogen-bond donors (Lipinski definition) is 2. The molecule has 0 aliphatic rings. The Morgan fingerprint density at radius 1 is 0.871 bits per heavy atom. The molecule has 2 N–H and O–H groups in total. The van der Waals surface area contributed by atoms with Crippen LogP contribution < -0.4 is 10.6 Å². The van der Waals surface area contributed by atoms with Gasteiger partial charge in [0, 0.05) is 6.42 Å². The molecule has 1 amide bonds. The number of thiocarbonyl (C=S) groups is 1. The zero-order valence-electron chi connectivity index (χ0n) is 18.4. The zero-order valence-corrected chi connectivity index (χ0v) is 19.2. The number of methoxy groups -OCH3 is 1. The molecule has 166 valence electrons. The fraction of sp³-hybridized carbons (Fsp3) is 0.375. The number of alkyl carbamates (subject to hydrolysis) is 1. The summed E-state index contributed by atoms with van der Waals surface area (Å²) in [4.78, 5) is 25.1. The number of esters is 1. The minimum Gasteiger partial charge on any atom is -0.467 e. The van der Waals surface area contributed by atoms with Gasteiger partial charge in [-0.1, -0.05) is 72.9 Å². The van der Waals surface area contributed by atoms with Crippen molar-refractivity contribution >= 4 is 29.3 Å². The molecule has 0 aliphatic carbocycles. The average molecular weight is 443 g/mol. The summed E-state index contributed by atoms with van der Waals surface area (Å²) < 4.78 is 10.4. The standard InChI is InChI=1S/C24H30N2O4S/c1-24(2,3)30-23(28)26-19(15-17-11-7-5-8-12-17)21(31)25-20(22(27)29-4)16-18-13-9-6-10-14-18/h5-14,19-20H,15-16H2,1-4H3,(H,25,31)(H,26,28)/t19-,20+/m0/s1. The van der Waals surface area contributed by atoms with Crippen LogP contribution in [0.1, 0.15) is 31.9 Å². The van der Waals surface area contributed by atoms with Gasteiger partial charge in [0.1, 0.15) is 11.6 Å². The normalized spacial score (nSPS) is 12.9. The Kier molecular flexibility index (Phi) is 9.00. The molecule has 0 heterocycles. The van der Waals surface area contributed by atoms with Crippen molar-refractivity contribution in [1.82, 2.24) is 10.6 Å². The topological polar surface area (TPSA) is 76.7 Å². The molecule has 6 nitrogen and oxygen atoms in total. The van der Waals surface area contributed by atoms with Crippen LogP contribution in [0.2, 0.25) is 0 Å². The second-order valence-corrected chi connectivity index (χ2v) is 8.60. The SMILES string of the molecule is COC(=O)[C@@H](Cc1ccccc1)NC(=S)[C@H](Cc1ccccc1)NC(=O)OC(C)(C)C. The Balaban J connectivity index is 2.17. The predicted octanol–water partition coefficient (Wildman–Crippen LogP) is 3.82. The minimum atomic E-state index is -0.682. The Morgan fingerprint density at radius 3 is 1.81 bits per heavy atom. The molecular formula is C24H30N2O4S. The number of ether oxygens (including phenoxy) is 2. The quantitative estimate of drug-likeness (QED) is 0.478. The third kappa shape index (κ3) is 8.76. The molecule has 0 spiro atoms. The van der Waals surface area contributed by atoms with E-state index in [0.29, 0.717) is 17.8 Å². The lowest BCUT2D eigenvalue weighted by Crippen LogP contribution is -2.53. The van der Waals surface area contributed by atoms with Gasteiger partial charge in [-0.2, -0.15) is 0 Å². The second kappa shape index (κ2) is 11.5. The van der Waals surface area contributed by atoms with Crippen LogP contribution in [0, 0.1) is 0 Å². The zero-order chi connectivity index (χ0) is 22.9. The van der Waals surface area contributed by atoms with Gasteiger partial charge in [0.2, 0.25) is 0 Å². The predicted molar refractivity (Wildman–Crippen MR) is 125 cm³/mol. The van der Waals surface area contributed by atoms with E-state index in [1.165, 1.54) is 7.11 Å². The Morgan fingerprint density at radius 2 is 1.35 bits per heavy atom. The van der Waals surface area contributed by atoms with Gasteiger partial charge in [-0.3, -0.25) is 0 Å². The highest BCUT2D eigenvalue weighted by atomic mass is 32.1. The first-order valence-electron chi connectivity index (χ1n) is 10.1. The highest BCUT2D eigenvalue weighted by Gasteiger charge is 2.27. The molecule has 2 rings (SSSR count). The molecule has 0 radical (unpaired) electrons. The van der Waals surface area contributed by atoms with E-state index in [1.807, 2.05) is 60.7 Å². The lowest BCUT2D eigenvalue weighted by molar-refractivity contribution is -0.142. The van der Waals surface area contributed by atoms with Crippen molar-refractivity contribution < 1.29 is 19.1 Å². The van der Waals surface area contributed by atoms with Gasteiger partial charge in [0.15, 0.2) is 0 Å². The van der Waals surface area contributed by atoms with Crippen LogP contribution in [0.25, 0.3) is 0 Å². The van der Waals surface area contributed by atoms with Crippen LogP contribution in [0.5, 0.6) is 0 Å². The van der Waals surface area contributed by atoms with Crippen LogP contribution >= 0.6 is 12.2 Å². The van der Waals surface area contributed by atoms with E-state index in [1.54, 1.807) is 20.8 Å². The summed E-state index contributed by atoms with van der Waals surface area (Å²) >= 11 is 5.60. The summed E-state index contributed by atoms with van der Waals surface area (Å²) in [6.45, 7) is 5.38. The largest absolute Gasteiger partial charge is 0.467 e. The lowest BCUT2D eigenvalue weighted by atomic mass is 10.0. The van der Waals surface area contributed by atoms with Crippen molar-refractivity contribution in [2.75, 3.05) is 7.11 Å². The van der Waals surface area contributed by atoms with Crippen LogP contribution in [-0.2, 0) is 27.1 Å². The monoisotopic (exact) mass is 442 g/mol. The van der Waals surface area contributed by atoms with E-state index in [0.717, 1.165) is 11.1 Å². The maximum atomic E-state index is 12.4. The molecule has 0 aliphatic heterocycles. The molecule has 0 bridgehead atoms. The summed E-state index contributed by atoms with van der Waals surface area (Å²) in [5.41, 5.74) is 1.32. The van der Waals surface area contributed by atoms with Crippen LogP contribution in [0.4, 0.5) is 4.79 Å². The third-order valence-corrected chi connectivity index (χ3v) is 4.78. The molecular weight excluding hydrogens is 412 g/mol. The number of rotatable bonds is 8. The number of carbonyl (C=O) groups excluding carboxylic acids is 2. The molecule has 0 fully saturated rings. The summed E-state index contributed by atoms with van der Waals surface area (Å²) in [6, 6.07) is 18.0. The molecule has 0 aromatic heterocycles. The van der Waals surface area contributed by atoms with Crippen molar-refractivity contribution in [1.29, 1.82) is 0 Å². The summed E-state index contributed by atoms with van der Waals surface area (Å²) in [5, 5.41) is 5.92. The molecule has 2 aromatic rings. The van der Waals surface area contributed by atoms with Crippen LogP contribution in [0.15, 0.2) is 60.7 Å². The van der Waals surface area contributed by atoms with Crippen LogP contribution in [0.3, 0.4) is 0 Å². The maximum Gasteiger partial charge on any atom is 0.408 e. The molecule has 2 aromatic carbocycles. The van der Waals surface area contributed by atoms with Gasteiger partial charge in [0.25, 0.3) is 0 Å². The highest BCUT2D eigenvalue weighted by Crippen LogP contribution is 2.11. The smallest absolute Gasteiger partial charge is 0.408 e. The van der Waals surface area contributed by atoms with E-state index in [-0.39, 0.29) is 0 Å². The Labute approximate surface area is 189 Å². The molecule has 0 unspecified atom stereocenters. The van der Waals surface area contributed by atoms with Crippen molar-refractivity contribution in [2.45, 2.75) is 51.3 Å². The van der Waals surface area contributed by atoms with E-state index >= 15 is 0 Å². The molecule has 2 atom stereocenters. The van der Waals surface area contributed by atoms with Gasteiger partial charge < -0.3 is 20.1 Å². The first kappa shape index (κ1) is 24.3. The summed E-state index contributed by atoms with van der Waals surface area (Å²) in [7, 11) is 1.34. The lowest BCUT2D eigenvalue weighted by Gasteiger charge is -2.26. The van der Waals surface area contributed by atoms with E-state index in [9.17, 15) is 9.59 Å². The summed E-state index contributed by atoms with van der Waals surface area (Å²) in [6.07, 6.45) is 0.277. The van der Waals surface area contributed by atoms with E-state index in [2.05, 4.69) is 10.6 Å². The molecule has 7 heteroatoms. The fourth-order valence-corrected chi connectivity index (χ4v) is 3.25. The first-order valence-corrected chi connectivity index (χ1v) is 10.5. The van der Waals surface area contributed by atoms with Crippen molar-refractivity contribution in [3.8, 4) is 0 Å². The molecule has 0 saturated heterocycles. The average Bonchev–Trinajstić information content (AvgIpc) is 2.72. The highest BCUT2D eigenvalue weighted by molar-refractivity contribution is 7.80. The molecule has 31 heavy (non-hydrogen) atoms. The number of carbonyl (C=O) groups is 2. The Bertz CT molecular complexity index is 866. The fourth-order valence-electron chi connectivity index (χ4n) is 2.97.